The molecule has 2 unspecified atom stereocenters. The Labute approximate surface area is 180 Å². The summed E-state index contributed by atoms with van der Waals surface area (Å²) in [6.07, 6.45) is 0.645. The summed E-state index contributed by atoms with van der Waals surface area (Å²) in [5.74, 6) is -1.20. The lowest BCUT2D eigenvalue weighted by Gasteiger charge is -2.30. The van der Waals surface area contributed by atoms with Crippen LogP contribution in [-0.2, 0) is 4.79 Å². The van der Waals surface area contributed by atoms with Crippen molar-refractivity contribution in [1.29, 1.82) is 0 Å². The Hall–Kier alpha value is -3.53. The van der Waals surface area contributed by atoms with Crippen LogP contribution in [0.4, 0.5) is 5.69 Å². The molecular formula is C21H19N3O6S. The van der Waals surface area contributed by atoms with E-state index in [0.717, 1.165) is 11.3 Å². The van der Waals surface area contributed by atoms with Crippen molar-refractivity contribution in [3.63, 3.8) is 0 Å². The molecule has 1 N–H and O–H groups in total. The van der Waals surface area contributed by atoms with Gasteiger partial charge in [-0.25, -0.2) is 9.78 Å². The summed E-state index contributed by atoms with van der Waals surface area (Å²) in [6.45, 7) is 4.78. The number of carboxylic acids is 1. The monoisotopic (exact) mass is 441 g/mol. The highest BCUT2D eigenvalue weighted by molar-refractivity contribution is 7.20. The second-order valence-electron chi connectivity index (χ2n) is 7.38. The number of carboxylic acid groups (broad SMARTS) is 1. The summed E-state index contributed by atoms with van der Waals surface area (Å²) in [5, 5.41) is 9.50. The minimum atomic E-state index is -1.13. The number of hydrogen-bond donors (Lipinski definition) is 1. The zero-order valence-corrected chi connectivity index (χ0v) is 18.0. The molecule has 2 atom stereocenters. The number of aryl methyl sites for hydroxylation is 1. The zero-order chi connectivity index (χ0) is 22.6. The van der Waals surface area contributed by atoms with Crippen LogP contribution >= 0.6 is 11.3 Å². The molecule has 9 nitrogen and oxygen atoms in total. The Kier molecular flexibility index (Phi) is 4.89. The number of ketones is 1. The molecule has 1 aliphatic heterocycles. The molecule has 0 radical (unpaired) electrons. The number of thiophene rings is 1. The molecule has 3 aromatic rings. The predicted octanol–water partition coefficient (Wildman–Crippen LogP) is 2.65. The number of rotatable bonds is 4. The number of benzene rings is 1. The van der Waals surface area contributed by atoms with E-state index in [1.807, 2.05) is 0 Å². The number of ether oxygens (including phenoxy) is 1. The van der Waals surface area contributed by atoms with Crippen molar-refractivity contribution in [2.24, 2.45) is 0 Å². The third-order valence-corrected chi connectivity index (χ3v) is 6.64. The van der Waals surface area contributed by atoms with Crippen molar-refractivity contribution < 1.29 is 24.2 Å². The molecule has 0 spiro atoms. The van der Waals surface area contributed by atoms with E-state index >= 15 is 0 Å². The second kappa shape index (κ2) is 7.31. The highest BCUT2D eigenvalue weighted by Crippen LogP contribution is 2.35. The van der Waals surface area contributed by atoms with Crippen molar-refractivity contribution in [2.75, 3.05) is 11.9 Å². The number of amides is 1. The number of fused-ring (bicyclic) bond motifs is 2. The molecule has 160 valence electrons. The number of aromatic carboxylic acids is 1. The molecule has 10 heteroatoms. The molecule has 0 saturated heterocycles. The van der Waals surface area contributed by atoms with E-state index in [9.17, 15) is 24.3 Å². The first-order chi connectivity index (χ1) is 14.6. The molecular weight excluding hydrogens is 422 g/mol. The first kappa shape index (κ1) is 20.7. The average Bonchev–Trinajstić information content (AvgIpc) is 3.09. The van der Waals surface area contributed by atoms with E-state index in [-0.39, 0.29) is 22.0 Å². The van der Waals surface area contributed by atoms with Gasteiger partial charge in [-0.2, -0.15) is 0 Å². The van der Waals surface area contributed by atoms with Gasteiger partial charge in [-0.15, -0.1) is 11.3 Å². The lowest BCUT2D eigenvalue weighted by atomic mass is 10.0. The second-order valence-corrected chi connectivity index (χ2v) is 8.38. The minimum Gasteiger partial charge on any atom is -0.479 e. The molecule has 1 amide bonds. The predicted molar refractivity (Wildman–Crippen MR) is 115 cm³/mol. The Morgan fingerprint density at radius 3 is 2.68 bits per heavy atom. The zero-order valence-electron chi connectivity index (χ0n) is 17.2. The number of hydrogen-bond acceptors (Lipinski definition) is 7. The highest BCUT2D eigenvalue weighted by atomic mass is 32.1. The molecule has 2 aromatic heterocycles. The largest absolute Gasteiger partial charge is 0.479 e. The van der Waals surface area contributed by atoms with Gasteiger partial charge in [-0.05, 0) is 44.5 Å². The number of nitrogens with zero attached hydrogens (tertiary/aromatic N) is 3. The SMILES string of the molecule is Cc1c(C(=O)O)sc2ncn(C(C)C(=O)c3ccc4c(c3)N(C)C(=O)C(C)O4)c(=O)c12. The number of Topliss-reactive ketones (excluding diaryl/α,β-unsaturated/α-hetero) is 1. The van der Waals surface area contributed by atoms with Crippen LogP contribution in [0.5, 0.6) is 5.75 Å². The average molecular weight is 441 g/mol. The molecule has 0 aliphatic carbocycles. The van der Waals surface area contributed by atoms with Crippen LogP contribution in [0.15, 0.2) is 29.3 Å². The van der Waals surface area contributed by atoms with Crippen molar-refractivity contribution in [3.05, 3.63) is 50.9 Å². The van der Waals surface area contributed by atoms with Gasteiger partial charge in [0.05, 0.1) is 23.4 Å². The van der Waals surface area contributed by atoms with Gasteiger partial charge in [0.2, 0.25) is 0 Å². The minimum absolute atomic E-state index is 0.0490. The number of likely N-dealkylation sites (N-methyl/N-ethyl adjacent to an activating group) is 1. The van der Waals surface area contributed by atoms with Crippen molar-refractivity contribution in [3.8, 4) is 5.75 Å². The Bertz CT molecular complexity index is 1320. The standard InChI is InChI=1S/C21H19N3O6S/c1-9-15-18(31-17(9)21(28)29)22-8-24(20(15)27)10(2)16(25)12-5-6-14-13(7-12)23(4)19(26)11(3)30-14/h5-8,10-11H,1-4H3,(H,28,29). The lowest BCUT2D eigenvalue weighted by Crippen LogP contribution is -2.42. The summed E-state index contributed by atoms with van der Waals surface area (Å²) in [7, 11) is 1.61. The molecule has 3 heterocycles. The van der Waals surface area contributed by atoms with Gasteiger partial charge in [0.1, 0.15) is 15.5 Å². The van der Waals surface area contributed by atoms with Crippen LogP contribution < -0.4 is 15.2 Å². The smallest absolute Gasteiger partial charge is 0.346 e. The van der Waals surface area contributed by atoms with E-state index in [1.54, 1.807) is 46.0 Å². The molecule has 4 rings (SSSR count). The van der Waals surface area contributed by atoms with Crippen molar-refractivity contribution >= 4 is 44.9 Å². The van der Waals surface area contributed by atoms with Crippen LogP contribution in [0, 0.1) is 6.92 Å². The first-order valence-corrected chi connectivity index (χ1v) is 10.3. The topological polar surface area (TPSA) is 119 Å². The highest BCUT2D eigenvalue weighted by Gasteiger charge is 2.30. The molecule has 1 aliphatic rings. The molecule has 0 saturated carbocycles. The van der Waals surface area contributed by atoms with E-state index in [0.29, 0.717) is 27.4 Å². The number of carbonyl (C=O) groups is 3. The third-order valence-electron chi connectivity index (χ3n) is 5.45. The summed E-state index contributed by atoms with van der Waals surface area (Å²) < 4.78 is 6.78. The summed E-state index contributed by atoms with van der Waals surface area (Å²) >= 11 is 0.927. The van der Waals surface area contributed by atoms with Gasteiger partial charge < -0.3 is 14.7 Å². The first-order valence-electron chi connectivity index (χ1n) is 9.47. The van der Waals surface area contributed by atoms with Gasteiger partial charge in [-0.1, -0.05) is 0 Å². The van der Waals surface area contributed by atoms with Crippen LogP contribution in [0.25, 0.3) is 10.2 Å². The number of anilines is 1. The van der Waals surface area contributed by atoms with Gasteiger partial charge in [0.25, 0.3) is 11.5 Å². The van der Waals surface area contributed by atoms with E-state index in [2.05, 4.69) is 4.98 Å². The van der Waals surface area contributed by atoms with Gasteiger partial charge in [0.15, 0.2) is 11.9 Å². The van der Waals surface area contributed by atoms with Gasteiger partial charge >= 0.3 is 5.97 Å². The fraction of sp³-hybridized carbons (Fsp3) is 0.286. The van der Waals surface area contributed by atoms with E-state index in [4.69, 9.17) is 4.74 Å². The Balaban J connectivity index is 1.74. The van der Waals surface area contributed by atoms with Gasteiger partial charge in [0, 0.05) is 12.6 Å². The third kappa shape index (κ3) is 3.19. The maximum absolute atomic E-state index is 13.1. The maximum atomic E-state index is 13.1. The van der Waals surface area contributed by atoms with E-state index in [1.165, 1.54) is 15.8 Å². The quantitative estimate of drug-likeness (QED) is 0.618. The Morgan fingerprint density at radius 1 is 1.29 bits per heavy atom. The van der Waals surface area contributed by atoms with Crippen LogP contribution in [-0.4, -0.2) is 45.5 Å². The maximum Gasteiger partial charge on any atom is 0.346 e. The lowest BCUT2D eigenvalue weighted by molar-refractivity contribution is -0.125. The van der Waals surface area contributed by atoms with Crippen LogP contribution in [0.1, 0.15) is 45.5 Å². The van der Waals surface area contributed by atoms with Gasteiger partial charge in [-0.3, -0.25) is 19.0 Å². The number of aromatic nitrogens is 2. The molecule has 0 bridgehead atoms. The summed E-state index contributed by atoms with van der Waals surface area (Å²) in [4.78, 5) is 55.8. The van der Waals surface area contributed by atoms with E-state index < -0.39 is 23.7 Å². The van der Waals surface area contributed by atoms with Crippen LogP contribution in [0.3, 0.4) is 0 Å². The molecule has 0 fully saturated rings. The molecule has 1 aromatic carbocycles. The fourth-order valence-electron chi connectivity index (χ4n) is 3.65. The molecule has 31 heavy (non-hydrogen) atoms. The fourth-order valence-corrected chi connectivity index (χ4v) is 4.63. The normalized spacial score (nSPS) is 16.7. The van der Waals surface area contributed by atoms with Crippen molar-refractivity contribution in [2.45, 2.75) is 32.9 Å². The van der Waals surface area contributed by atoms with Crippen molar-refractivity contribution in [1.82, 2.24) is 9.55 Å². The van der Waals surface area contributed by atoms with Crippen LogP contribution in [0.2, 0.25) is 0 Å². The Morgan fingerprint density at radius 2 is 2.00 bits per heavy atom. The number of carbonyl (C=O) groups excluding carboxylic acids is 2. The summed E-state index contributed by atoms with van der Waals surface area (Å²) in [6, 6.07) is 3.89. The summed E-state index contributed by atoms with van der Waals surface area (Å²) in [5.41, 5.74) is 0.639.